The van der Waals surface area contributed by atoms with Crippen molar-refractivity contribution >= 4 is 23.2 Å². The van der Waals surface area contributed by atoms with Crippen molar-refractivity contribution in [2.24, 2.45) is 5.92 Å². The Morgan fingerprint density at radius 2 is 2.14 bits per heavy atom. The number of H-pyrrole nitrogens is 1. The van der Waals surface area contributed by atoms with Crippen molar-refractivity contribution in [2.45, 2.75) is 48.4 Å². The molecule has 2 aliphatic carbocycles. The van der Waals surface area contributed by atoms with Crippen LogP contribution < -0.4 is 15.6 Å². The maximum absolute atomic E-state index is 12.0. The summed E-state index contributed by atoms with van der Waals surface area (Å²) in [6.45, 7) is 0.821. The molecule has 0 bridgehead atoms. The SMILES string of the molecule is COc1cnc(C2(NCCC3CC3(Cl)Cl)CCCC2)[nH]c1=O. The van der Waals surface area contributed by atoms with Crippen molar-refractivity contribution in [1.29, 1.82) is 0 Å². The van der Waals surface area contributed by atoms with Crippen molar-refractivity contribution in [3.8, 4) is 5.75 Å². The molecule has 0 saturated heterocycles. The Bertz CT molecular complexity index is 597. The third-order valence-electron chi connectivity index (χ3n) is 4.81. The fraction of sp³-hybridized carbons (Fsp3) is 0.733. The van der Waals surface area contributed by atoms with E-state index in [0.29, 0.717) is 11.7 Å². The molecule has 2 saturated carbocycles. The topological polar surface area (TPSA) is 67.0 Å². The molecule has 2 aliphatic rings. The molecular weight excluding hydrogens is 325 g/mol. The van der Waals surface area contributed by atoms with Gasteiger partial charge in [-0.1, -0.05) is 12.8 Å². The molecule has 1 atom stereocenters. The molecule has 0 amide bonds. The first-order chi connectivity index (χ1) is 10.5. The van der Waals surface area contributed by atoms with Crippen LogP contribution in [-0.2, 0) is 5.54 Å². The summed E-state index contributed by atoms with van der Waals surface area (Å²) < 4.78 is 4.45. The van der Waals surface area contributed by atoms with Crippen LogP contribution in [0.15, 0.2) is 11.0 Å². The molecular formula is C15H21Cl2N3O2. The van der Waals surface area contributed by atoms with Crippen LogP contribution >= 0.6 is 23.2 Å². The lowest BCUT2D eigenvalue weighted by molar-refractivity contribution is 0.313. The van der Waals surface area contributed by atoms with E-state index in [1.165, 1.54) is 13.3 Å². The monoisotopic (exact) mass is 345 g/mol. The second-order valence-electron chi connectivity index (χ2n) is 6.30. The molecule has 5 nitrogen and oxygen atoms in total. The predicted molar refractivity (Wildman–Crippen MR) is 86.7 cm³/mol. The minimum absolute atomic E-state index is 0.233. The summed E-state index contributed by atoms with van der Waals surface area (Å²) in [7, 11) is 1.47. The maximum Gasteiger partial charge on any atom is 0.293 e. The first-order valence-electron chi connectivity index (χ1n) is 7.73. The Morgan fingerprint density at radius 1 is 1.45 bits per heavy atom. The zero-order valence-corrected chi connectivity index (χ0v) is 14.1. The van der Waals surface area contributed by atoms with Gasteiger partial charge in [-0.25, -0.2) is 4.98 Å². The number of hydrogen-bond donors (Lipinski definition) is 2. The Labute approximate surface area is 139 Å². The van der Waals surface area contributed by atoms with Crippen LogP contribution in [0.5, 0.6) is 5.75 Å². The van der Waals surface area contributed by atoms with E-state index in [9.17, 15) is 4.79 Å². The van der Waals surface area contributed by atoms with Gasteiger partial charge in [0, 0.05) is 0 Å². The highest BCUT2D eigenvalue weighted by molar-refractivity contribution is 6.50. The molecule has 122 valence electrons. The van der Waals surface area contributed by atoms with Gasteiger partial charge in [0.05, 0.1) is 18.8 Å². The molecule has 2 N–H and O–H groups in total. The van der Waals surface area contributed by atoms with Crippen LogP contribution in [0, 0.1) is 5.92 Å². The van der Waals surface area contributed by atoms with Crippen LogP contribution in [-0.4, -0.2) is 28.0 Å². The van der Waals surface area contributed by atoms with Crippen molar-refractivity contribution in [2.75, 3.05) is 13.7 Å². The van der Waals surface area contributed by atoms with Crippen LogP contribution in [0.4, 0.5) is 0 Å². The van der Waals surface area contributed by atoms with Crippen LogP contribution in [0.25, 0.3) is 0 Å². The van der Waals surface area contributed by atoms with E-state index in [0.717, 1.165) is 45.1 Å². The Morgan fingerprint density at radius 3 is 2.68 bits per heavy atom. The zero-order chi connectivity index (χ0) is 15.8. The first-order valence-corrected chi connectivity index (χ1v) is 8.49. The average molecular weight is 346 g/mol. The largest absolute Gasteiger partial charge is 0.490 e. The van der Waals surface area contributed by atoms with E-state index < -0.39 is 4.33 Å². The van der Waals surface area contributed by atoms with Gasteiger partial charge in [0.1, 0.15) is 10.2 Å². The number of aromatic amines is 1. The molecule has 1 aromatic rings. The number of nitrogens with zero attached hydrogens (tertiary/aromatic N) is 1. The summed E-state index contributed by atoms with van der Waals surface area (Å²) in [5.74, 6) is 1.31. The van der Waals surface area contributed by atoms with Gasteiger partial charge >= 0.3 is 0 Å². The van der Waals surface area contributed by atoms with Crippen molar-refractivity contribution in [1.82, 2.24) is 15.3 Å². The predicted octanol–water partition coefficient (Wildman–Crippen LogP) is 2.72. The molecule has 0 aliphatic heterocycles. The molecule has 22 heavy (non-hydrogen) atoms. The number of aromatic nitrogens is 2. The molecule has 0 radical (unpaired) electrons. The summed E-state index contributed by atoms with van der Waals surface area (Å²) in [5, 5.41) is 3.59. The Kier molecular flexibility index (Phi) is 4.40. The van der Waals surface area contributed by atoms with Crippen molar-refractivity contribution < 1.29 is 4.74 Å². The van der Waals surface area contributed by atoms with Gasteiger partial charge in [0.15, 0.2) is 0 Å². The quantitative estimate of drug-likeness (QED) is 0.778. The van der Waals surface area contributed by atoms with Gasteiger partial charge in [0.25, 0.3) is 5.56 Å². The molecule has 3 rings (SSSR count). The summed E-state index contributed by atoms with van der Waals surface area (Å²) in [4.78, 5) is 19.2. The lowest BCUT2D eigenvalue weighted by atomic mass is 9.96. The van der Waals surface area contributed by atoms with Gasteiger partial charge in [-0.05, 0) is 38.1 Å². The maximum atomic E-state index is 12.0. The minimum Gasteiger partial charge on any atom is -0.490 e. The smallest absolute Gasteiger partial charge is 0.293 e. The number of alkyl halides is 2. The molecule has 0 spiro atoms. The van der Waals surface area contributed by atoms with Crippen LogP contribution in [0.2, 0.25) is 0 Å². The highest BCUT2D eigenvalue weighted by atomic mass is 35.5. The number of halogens is 2. The molecule has 2 fully saturated rings. The molecule has 7 heteroatoms. The fourth-order valence-electron chi connectivity index (χ4n) is 3.32. The van der Waals surface area contributed by atoms with E-state index >= 15 is 0 Å². The lowest BCUT2D eigenvalue weighted by Crippen LogP contribution is -2.43. The van der Waals surface area contributed by atoms with Gasteiger partial charge in [-0.2, -0.15) is 0 Å². The van der Waals surface area contributed by atoms with Gasteiger partial charge in [0.2, 0.25) is 5.75 Å². The van der Waals surface area contributed by atoms with Crippen molar-refractivity contribution in [3.05, 3.63) is 22.4 Å². The Balaban J connectivity index is 1.71. The minimum atomic E-state index is -0.531. The number of methoxy groups -OCH3 is 1. The van der Waals surface area contributed by atoms with E-state index in [4.69, 9.17) is 27.9 Å². The second-order valence-corrected chi connectivity index (χ2v) is 7.84. The number of rotatable bonds is 6. The molecule has 1 aromatic heterocycles. The highest BCUT2D eigenvalue weighted by Gasteiger charge is 2.51. The Hall–Kier alpha value is -0.780. The fourth-order valence-corrected chi connectivity index (χ4v) is 3.91. The van der Waals surface area contributed by atoms with Crippen LogP contribution in [0.3, 0.4) is 0 Å². The summed E-state index contributed by atoms with van der Waals surface area (Å²) in [6.07, 6.45) is 7.50. The molecule has 1 heterocycles. The molecule has 1 unspecified atom stereocenters. The van der Waals surface area contributed by atoms with E-state index in [1.807, 2.05) is 0 Å². The normalized spacial score (nSPS) is 25.1. The number of ether oxygens (including phenoxy) is 1. The van der Waals surface area contributed by atoms with Gasteiger partial charge < -0.3 is 15.0 Å². The van der Waals surface area contributed by atoms with Gasteiger partial charge in [-0.15, -0.1) is 23.2 Å². The summed E-state index contributed by atoms with van der Waals surface area (Å²) in [6, 6.07) is 0. The summed E-state index contributed by atoms with van der Waals surface area (Å²) >= 11 is 12.1. The standard InChI is InChI=1S/C15H21Cl2N3O2/c1-22-11-9-18-13(20-12(11)21)14(5-2-3-6-14)19-7-4-10-8-15(10,16)17/h9-10,19H,2-8H2,1H3,(H,18,20,21). The van der Waals surface area contributed by atoms with E-state index in [-0.39, 0.29) is 16.8 Å². The van der Waals surface area contributed by atoms with Crippen molar-refractivity contribution in [3.63, 3.8) is 0 Å². The van der Waals surface area contributed by atoms with E-state index in [2.05, 4.69) is 15.3 Å². The highest BCUT2D eigenvalue weighted by Crippen LogP contribution is 2.54. The number of hydrogen-bond acceptors (Lipinski definition) is 4. The third kappa shape index (κ3) is 3.12. The summed E-state index contributed by atoms with van der Waals surface area (Å²) in [5.41, 5.74) is -0.481. The zero-order valence-electron chi connectivity index (χ0n) is 12.6. The molecule has 0 aromatic carbocycles. The second kappa shape index (κ2) is 6.02. The van der Waals surface area contributed by atoms with Gasteiger partial charge in [-0.3, -0.25) is 4.79 Å². The lowest BCUT2D eigenvalue weighted by Gasteiger charge is -2.29. The third-order valence-corrected chi connectivity index (χ3v) is 5.73. The van der Waals surface area contributed by atoms with Crippen LogP contribution in [0.1, 0.15) is 44.3 Å². The van der Waals surface area contributed by atoms with E-state index in [1.54, 1.807) is 0 Å². The first kappa shape index (κ1) is 16.1. The number of nitrogens with one attached hydrogen (secondary N) is 2. The average Bonchev–Trinajstić information content (AvgIpc) is 2.89.